The van der Waals surface area contributed by atoms with Crippen LogP contribution in [0.3, 0.4) is 0 Å². The van der Waals surface area contributed by atoms with Gasteiger partial charge in [0.15, 0.2) is 5.82 Å². The number of nitrogens with zero attached hydrogens (tertiary/aromatic N) is 3. The van der Waals surface area contributed by atoms with E-state index in [1.54, 1.807) is 10.8 Å². The molecule has 78 valence electrons. The number of nitrogen functional groups attached to an aromatic ring is 1. The molecule has 0 saturated carbocycles. The minimum absolute atomic E-state index is 0.473. The highest BCUT2D eigenvalue weighted by Gasteiger charge is 2.01. The lowest BCUT2D eigenvalue weighted by molar-refractivity contribution is 0.272. The van der Waals surface area contributed by atoms with Gasteiger partial charge in [-0.25, -0.2) is 9.50 Å². The average Bonchev–Trinajstić information content (AvgIpc) is 2.63. The van der Waals surface area contributed by atoms with E-state index in [-0.39, 0.29) is 0 Å². The SMILES string of the molecule is CCOC=Cc1cc2c(N)ncnn2c1. The Morgan fingerprint density at radius 2 is 2.47 bits per heavy atom. The molecule has 0 aliphatic heterocycles. The standard InChI is InChI=1S/C10H12N4O/c1-2-15-4-3-8-5-9-10(11)12-7-13-14(9)6-8/h3-7H,2H2,1H3,(H2,11,12,13). The summed E-state index contributed by atoms with van der Waals surface area (Å²) in [6.07, 6.45) is 6.80. The topological polar surface area (TPSA) is 65.4 Å². The number of hydrogen-bond donors (Lipinski definition) is 1. The Kier molecular flexibility index (Phi) is 2.53. The van der Waals surface area contributed by atoms with Crippen molar-refractivity contribution in [2.24, 2.45) is 0 Å². The number of fused-ring (bicyclic) bond motifs is 1. The molecular weight excluding hydrogens is 192 g/mol. The smallest absolute Gasteiger partial charge is 0.151 e. The molecule has 2 aromatic heterocycles. The van der Waals surface area contributed by atoms with Crippen LogP contribution in [0.5, 0.6) is 0 Å². The van der Waals surface area contributed by atoms with Gasteiger partial charge in [0.25, 0.3) is 0 Å². The summed E-state index contributed by atoms with van der Waals surface area (Å²) < 4.78 is 6.80. The lowest BCUT2D eigenvalue weighted by Gasteiger charge is -1.93. The van der Waals surface area contributed by atoms with Crippen molar-refractivity contribution in [1.29, 1.82) is 0 Å². The second kappa shape index (κ2) is 4.00. The Hall–Kier alpha value is -2.04. The van der Waals surface area contributed by atoms with Crippen molar-refractivity contribution < 1.29 is 4.74 Å². The van der Waals surface area contributed by atoms with E-state index in [4.69, 9.17) is 10.5 Å². The third-order valence-corrected chi connectivity index (χ3v) is 1.98. The molecule has 5 nitrogen and oxygen atoms in total. The van der Waals surface area contributed by atoms with Gasteiger partial charge in [-0.05, 0) is 24.6 Å². The van der Waals surface area contributed by atoms with Crippen LogP contribution in [-0.2, 0) is 4.74 Å². The third kappa shape index (κ3) is 1.90. The summed E-state index contributed by atoms with van der Waals surface area (Å²) in [6.45, 7) is 2.59. The molecule has 0 unspecified atom stereocenters. The summed E-state index contributed by atoms with van der Waals surface area (Å²) in [5, 5.41) is 4.04. The Morgan fingerprint density at radius 3 is 3.20 bits per heavy atom. The zero-order chi connectivity index (χ0) is 10.7. The van der Waals surface area contributed by atoms with Crippen molar-refractivity contribution in [1.82, 2.24) is 14.6 Å². The van der Waals surface area contributed by atoms with Crippen LogP contribution < -0.4 is 5.73 Å². The average molecular weight is 204 g/mol. The van der Waals surface area contributed by atoms with Gasteiger partial charge in [-0.15, -0.1) is 0 Å². The second-order valence-electron chi connectivity index (χ2n) is 3.01. The zero-order valence-corrected chi connectivity index (χ0v) is 8.42. The summed E-state index contributed by atoms with van der Waals surface area (Å²) >= 11 is 0. The molecule has 0 aliphatic rings. The third-order valence-electron chi connectivity index (χ3n) is 1.98. The van der Waals surface area contributed by atoms with Crippen molar-refractivity contribution in [2.75, 3.05) is 12.3 Å². The molecule has 15 heavy (non-hydrogen) atoms. The monoisotopic (exact) mass is 204 g/mol. The predicted octanol–water partition coefficient (Wildman–Crippen LogP) is 1.32. The molecule has 0 amide bonds. The predicted molar refractivity (Wildman–Crippen MR) is 58.1 cm³/mol. The fourth-order valence-corrected chi connectivity index (χ4v) is 1.28. The number of ether oxygens (including phenoxy) is 1. The number of aromatic nitrogens is 3. The van der Waals surface area contributed by atoms with Crippen LogP contribution >= 0.6 is 0 Å². The summed E-state index contributed by atoms with van der Waals surface area (Å²) in [5.41, 5.74) is 7.48. The molecule has 5 heteroatoms. The van der Waals surface area contributed by atoms with E-state index in [2.05, 4.69) is 10.1 Å². The Morgan fingerprint density at radius 1 is 1.60 bits per heavy atom. The second-order valence-corrected chi connectivity index (χ2v) is 3.01. The van der Waals surface area contributed by atoms with E-state index in [0.29, 0.717) is 12.4 Å². The zero-order valence-electron chi connectivity index (χ0n) is 8.42. The van der Waals surface area contributed by atoms with Crippen LogP contribution in [0.1, 0.15) is 12.5 Å². The van der Waals surface area contributed by atoms with E-state index < -0.39 is 0 Å². The number of rotatable bonds is 3. The number of hydrogen-bond acceptors (Lipinski definition) is 4. The lowest BCUT2D eigenvalue weighted by Crippen LogP contribution is -1.96. The summed E-state index contributed by atoms with van der Waals surface area (Å²) in [4.78, 5) is 3.91. The van der Waals surface area contributed by atoms with E-state index >= 15 is 0 Å². The quantitative estimate of drug-likeness (QED) is 0.766. The van der Waals surface area contributed by atoms with Crippen molar-refractivity contribution in [2.45, 2.75) is 6.92 Å². The van der Waals surface area contributed by atoms with E-state index in [9.17, 15) is 0 Å². The normalized spacial score (nSPS) is 11.3. The molecule has 0 spiro atoms. The van der Waals surface area contributed by atoms with E-state index in [0.717, 1.165) is 11.1 Å². The molecule has 0 atom stereocenters. The van der Waals surface area contributed by atoms with Gasteiger partial charge >= 0.3 is 0 Å². The summed E-state index contributed by atoms with van der Waals surface area (Å²) in [5.74, 6) is 0.473. The molecule has 2 N–H and O–H groups in total. The van der Waals surface area contributed by atoms with Crippen LogP contribution in [0.25, 0.3) is 11.6 Å². The largest absolute Gasteiger partial charge is 0.501 e. The first-order valence-electron chi connectivity index (χ1n) is 4.68. The van der Waals surface area contributed by atoms with Crippen LogP contribution in [0.4, 0.5) is 5.82 Å². The van der Waals surface area contributed by atoms with Crippen molar-refractivity contribution in [3.8, 4) is 0 Å². The van der Waals surface area contributed by atoms with Gasteiger partial charge in [-0.3, -0.25) is 0 Å². The van der Waals surface area contributed by atoms with Crippen LogP contribution in [-0.4, -0.2) is 21.2 Å². The lowest BCUT2D eigenvalue weighted by atomic mass is 10.3. The summed E-state index contributed by atoms with van der Waals surface area (Å²) in [6, 6.07) is 1.91. The number of nitrogens with two attached hydrogens (primary N) is 1. The molecule has 0 radical (unpaired) electrons. The van der Waals surface area contributed by atoms with Gasteiger partial charge in [0, 0.05) is 6.20 Å². The van der Waals surface area contributed by atoms with Crippen LogP contribution in [0.2, 0.25) is 0 Å². The first-order chi connectivity index (χ1) is 7.31. The van der Waals surface area contributed by atoms with E-state index in [1.807, 2.05) is 25.3 Å². The first-order valence-corrected chi connectivity index (χ1v) is 4.68. The molecule has 2 heterocycles. The first kappa shape index (κ1) is 9.51. The van der Waals surface area contributed by atoms with Gasteiger partial charge in [0.2, 0.25) is 0 Å². The van der Waals surface area contributed by atoms with Gasteiger partial charge < -0.3 is 10.5 Å². The molecule has 0 aliphatic carbocycles. The number of anilines is 1. The van der Waals surface area contributed by atoms with Gasteiger partial charge in [0.05, 0.1) is 12.9 Å². The van der Waals surface area contributed by atoms with E-state index in [1.165, 1.54) is 6.33 Å². The van der Waals surface area contributed by atoms with Crippen molar-refractivity contribution in [3.05, 3.63) is 30.4 Å². The minimum Gasteiger partial charge on any atom is -0.501 e. The van der Waals surface area contributed by atoms with Crippen molar-refractivity contribution >= 4 is 17.4 Å². The molecule has 2 rings (SSSR count). The molecule has 2 aromatic rings. The minimum atomic E-state index is 0.473. The Labute approximate surface area is 87.2 Å². The molecular formula is C10H12N4O. The van der Waals surface area contributed by atoms with Crippen LogP contribution in [0.15, 0.2) is 24.9 Å². The summed E-state index contributed by atoms with van der Waals surface area (Å²) in [7, 11) is 0. The highest BCUT2D eigenvalue weighted by atomic mass is 16.5. The molecule has 0 fully saturated rings. The Bertz CT molecular complexity index is 489. The van der Waals surface area contributed by atoms with Crippen molar-refractivity contribution in [3.63, 3.8) is 0 Å². The van der Waals surface area contributed by atoms with Crippen LogP contribution in [0, 0.1) is 0 Å². The van der Waals surface area contributed by atoms with Gasteiger partial charge in [-0.2, -0.15) is 5.10 Å². The molecule has 0 saturated heterocycles. The van der Waals surface area contributed by atoms with Gasteiger partial charge in [0.1, 0.15) is 11.8 Å². The van der Waals surface area contributed by atoms with Gasteiger partial charge in [-0.1, -0.05) is 0 Å². The highest BCUT2D eigenvalue weighted by molar-refractivity contribution is 5.69. The Balaban J connectivity index is 2.35. The molecule has 0 aromatic carbocycles. The maximum Gasteiger partial charge on any atom is 0.151 e. The molecule has 0 bridgehead atoms. The maximum absolute atomic E-state index is 5.70. The maximum atomic E-state index is 5.70. The fourth-order valence-electron chi connectivity index (χ4n) is 1.28. The highest BCUT2D eigenvalue weighted by Crippen LogP contribution is 2.14. The fraction of sp³-hybridized carbons (Fsp3) is 0.200.